The van der Waals surface area contributed by atoms with E-state index in [1.807, 2.05) is 30.3 Å². The second kappa shape index (κ2) is 7.01. The van der Waals surface area contributed by atoms with Gasteiger partial charge in [-0.25, -0.2) is 4.98 Å². The van der Waals surface area contributed by atoms with E-state index < -0.39 is 6.10 Å². The number of anilines is 1. The van der Waals surface area contributed by atoms with E-state index >= 15 is 0 Å². The molecular formula is C19H21N3O3. The summed E-state index contributed by atoms with van der Waals surface area (Å²) >= 11 is 0. The third-order valence-electron chi connectivity index (χ3n) is 4.51. The fraction of sp³-hybridized carbons (Fsp3) is 0.368. The Morgan fingerprint density at radius 1 is 1.20 bits per heavy atom. The van der Waals surface area contributed by atoms with Gasteiger partial charge in [0.15, 0.2) is 11.5 Å². The van der Waals surface area contributed by atoms with Gasteiger partial charge in [-0.2, -0.15) is 0 Å². The molecule has 6 heteroatoms. The lowest BCUT2D eigenvalue weighted by molar-refractivity contribution is -0.130. The first kappa shape index (κ1) is 15.7. The molecule has 0 saturated carbocycles. The van der Waals surface area contributed by atoms with E-state index in [4.69, 9.17) is 9.47 Å². The summed E-state index contributed by atoms with van der Waals surface area (Å²) in [6.07, 6.45) is 3.59. The summed E-state index contributed by atoms with van der Waals surface area (Å²) in [5, 5.41) is 2.93. The molecule has 1 atom stereocenters. The Labute approximate surface area is 146 Å². The normalized spacial score (nSPS) is 18.9. The van der Waals surface area contributed by atoms with Crippen LogP contribution in [0, 0.1) is 0 Å². The third-order valence-corrected chi connectivity index (χ3v) is 4.51. The van der Waals surface area contributed by atoms with Crippen LogP contribution in [0.25, 0.3) is 0 Å². The minimum absolute atomic E-state index is 0.172. The standard InChI is InChI=1S/C19H21N3O3/c23-19(17-13-24-15-5-1-2-6-16(15)25-17)21-12-14-7-8-20-18(11-14)22-9-3-4-10-22/h1-2,5-8,11,17H,3-4,9-10,12-13H2,(H,21,23). The van der Waals surface area contributed by atoms with Crippen molar-refractivity contribution in [2.24, 2.45) is 0 Å². The Morgan fingerprint density at radius 3 is 2.84 bits per heavy atom. The van der Waals surface area contributed by atoms with Crippen molar-refractivity contribution in [1.82, 2.24) is 10.3 Å². The second-order valence-electron chi connectivity index (χ2n) is 6.30. The minimum Gasteiger partial charge on any atom is -0.485 e. The summed E-state index contributed by atoms with van der Waals surface area (Å²) in [7, 11) is 0. The zero-order valence-electron chi connectivity index (χ0n) is 14.0. The first-order chi connectivity index (χ1) is 12.3. The minimum atomic E-state index is -0.630. The van der Waals surface area contributed by atoms with Crippen LogP contribution in [-0.4, -0.2) is 36.7 Å². The number of rotatable bonds is 4. The number of nitrogens with zero attached hydrogens (tertiary/aromatic N) is 2. The highest BCUT2D eigenvalue weighted by atomic mass is 16.6. The van der Waals surface area contributed by atoms with E-state index in [-0.39, 0.29) is 12.5 Å². The van der Waals surface area contributed by atoms with Crippen LogP contribution in [0.4, 0.5) is 5.82 Å². The summed E-state index contributed by atoms with van der Waals surface area (Å²) in [6.45, 7) is 2.77. The summed E-state index contributed by atoms with van der Waals surface area (Å²) in [6, 6.07) is 11.3. The van der Waals surface area contributed by atoms with E-state index in [1.54, 1.807) is 12.3 Å². The van der Waals surface area contributed by atoms with Gasteiger partial charge in [0.1, 0.15) is 12.4 Å². The number of fused-ring (bicyclic) bond motifs is 1. The van der Waals surface area contributed by atoms with Crippen molar-refractivity contribution in [2.75, 3.05) is 24.6 Å². The number of carbonyl (C=O) groups excluding carboxylic acids is 1. The van der Waals surface area contributed by atoms with Gasteiger partial charge in [0, 0.05) is 25.8 Å². The number of pyridine rings is 1. The topological polar surface area (TPSA) is 63.7 Å². The van der Waals surface area contributed by atoms with Crippen molar-refractivity contribution in [3.05, 3.63) is 48.2 Å². The second-order valence-corrected chi connectivity index (χ2v) is 6.30. The molecule has 3 heterocycles. The van der Waals surface area contributed by atoms with Gasteiger partial charge >= 0.3 is 0 Å². The molecule has 0 aliphatic carbocycles. The quantitative estimate of drug-likeness (QED) is 0.925. The first-order valence-corrected chi connectivity index (χ1v) is 8.66. The van der Waals surface area contributed by atoms with Gasteiger partial charge in [-0.3, -0.25) is 4.79 Å². The number of ether oxygens (including phenoxy) is 2. The average Bonchev–Trinajstić information content (AvgIpc) is 3.21. The molecule has 2 aliphatic rings. The van der Waals surface area contributed by atoms with Crippen LogP contribution in [0.1, 0.15) is 18.4 Å². The zero-order valence-corrected chi connectivity index (χ0v) is 14.0. The Bertz CT molecular complexity index is 759. The van der Waals surface area contributed by atoms with Crippen LogP contribution >= 0.6 is 0 Å². The first-order valence-electron chi connectivity index (χ1n) is 8.66. The molecule has 0 bridgehead atoms. The molecule has 1 amide bonds. The molecule has 1 aromatic heterocycles. The molecule has 4 rings (SSSR count). The third kappa shape index (κ3) is 3.52. The molecule has 130 valence electrons. The number of aromatic nitrogens is 1. The van der Waals surface area contributed by atoms with Crippen LogP contribution in [0.3, 0.4) is 0 Å². The van der Waals surface area contributed by atoms with Crippen molar-refractivity contribution in [3.8, 4) is 11.5 Å². The maximum atomic E-state index is 12.4. The molecular weight excluding hydrogens is 318 g/mol. The smallest absolute Gasteiger partial charge is 0.264 e. The molecule has 2 aromatic rings. The molecule has 6 nitrogen and oxygen atoms in total. The number of carbonyl (C=O) groups is 1. The highest BCUT2D eigenvalue weighted by Crippen LogP contribution is 2.30. The predicted octanol–water partition coefficient (Wildman–Crippen LogP) is 2.14. The van der Waals surface area contributed by atoms with E-state index in [2.05, 4.69) is 15.2 Å². The number of hydrogen-bond acceptors (Lipinski definition) is 5. The van der Waals surface area contributed by atoms with Crippen molar-refractivity contribution in [3.63, 3.8) is 0 Å². The molecule has 0 spiro atoms. The molecule has 1 aromatic carbocycles. The van der Waals surface area contributed by atoms with Crippen LogP contribution in [0.5, 0.6) is 11.5 Å². The molecule has 0 radical (unpaired) electrons. The molecule has 1 N–H and O–H groups in total. The monoisotopic (exact) mass is 339 g/mol. The Morgan fingerprint density at radius 2 is 2.00 bits per heavy atom. The van der Waals surface area contributed by atoms with Crippen molar-refractivity contribution < 1.29 is 14.3 Å². The van der Waals surface area contributed by atoms with Crippen LogP contribution in [-0.2, 0) is 11.3 Å². The number of nitrogens with one attached hydrogen (secondary N) is 1. The highest BCUT2D eigenvalue weighted by Gasteiger charge is 2.27. The summed E-state index contributed by atoms with van der Waals surface area (Å²) in [5.41, 5.74) is 1.03. The van der Waals surface area contributed by atoms with Gasteiger partial charge in [-0.05, 0) is 42.7 Å². The largest absolute Gasteiger partial charge is 0.485 e. The number of hydrogen-bond donors (Lipinski definition) is 1. The average molecular weight is 339 g/mol. The lowest BCUT2D eigenvalue weighted by Crippen LogP contribution is -2.43. The predicted molar refractivity (Wildman–Crippen MR) is 93.9 cm³/mol. The van der Waals surface area contributed by atoms with E-state index in [1.165, 1.54) is 12.8 Å². The fourth-order valence-corrected chi connectivity index (χ4v) is 3.14. The lowest BCUT2D eigenvalue weighted by Gasteiger charge is -2.25. The Hall–Kier alpha value is -2.76. The van der Waals surface area contributed by atoms with Gasteiger partial charge in [-0.15, -0.1) is 0 Å². The van der Waals surface area contributed by atoms with Crippen LogP contribution < -0.4 is 19.7 Å². The maximum absolute atomic E-state index is 12.4. The number of para-hydroxylation sites is 2. The van der Waals surface area contributed by atoms with Gasteiger partial charge in [-0.1, -0.05) is 12.1 Å². The van der Waals surface area contributed by atoms with E-state index in [9.17, 15) is 4.79 Å². The SMILES string of the molecule is O=C(NCc1ccnc(N2CCCC2)c1)C1COc2ccccc2O1. The maximum Gasteiger partial charge on any atom is 0.264 e. The Balaban J connectivity index is 1.35. The highest BCUT2D eigenvalue weighted by molar-refractivity contribution is 5.81. The fourth-order valence-electron chi connectivity index (χ4n) is 3.14. The Kier molecular flexibility index (Phi) is 4.41. The van der Waals surface area contributed by atoms with Crippen LogP contribution in [0.15, 0.2) is 42.6 Å². The summed E-state index contributed by atoms with van der Waals surface area (Å²) < 4.78 is 11.3. The lowest BCUT2D eigenvalue weighted by atomic mass is 10.2. The molecule has 1 saturated heterocycles. The number of amides is 1. The summed E-state index contributed by atoms with van der Waals surface area (Å²) in [5.74, 6) is 2.09. The zero-order chi connectivity index (χ0) is 17.1. The van der Waals surface area contributed by atoms with Gasteiger partial charge in [0.2, 0.25) is 6.10 Å². The molecule has 1 unspecified atom stereocenters. The van der Waals surface area contributed by atoms with Crippen molar-refractivity contribution in [1.29, 1.82) is 0 Å². The van der Waals surface area contributed by atoms with Gasteiger partial charge in [0.05, 0.1) is 0 Å². The van der Waals surface area contributed by atoms with E-state index in [0.29, 0.717) is 18.0 Å². The van der Waals surface area contributed by atoms with Crippen molar-refractivity contribution in [2.45, 2.75) is 25.5 Å². The molecule has 1 fully saturated rings. The molecule has 2 aliphatic heterocycles. The van der Waals surface area contributed by atoms with Crippen molar-refractivity contribution >= 4 is 11.7 Å². The molecule has 25 heavy (non-hydrogen) atoms. The summed E-state index contributed by atoms with van der Waals surface area (Å²) in [4.78, 5) is 19.1. The number of benzene rings is 1. The van der Waals surface area contributed by atoms with Crippen LogP contribution in [0.2, 0.25) is 0 Å². The van der Waals surface area contributed by atoms with Gasteiger partial charge in [0.25, 0.3) is 5.91 Å². The van der Waals surface area contributed by atoms with E-state index in [0.717, 1.165) is 24.5 Å². The van der Waals surface area contributed by atoms with Gasteiger partial charge < -0.3 is 19.7 Å².